The van der Waals surface area contributed by atoms with E-state index in [-0.39, 0.29) is 29.7 Å². The van der Waals surface area contributed by atoms with E-state index < -0.39 is 35.3 Å². The van der Waals surface area contributed by atoms with Crippen LogP contribution in [0.3, 0.4) is 0 Å². The first-order valence-electron chi connectivity index (χ1n) is 10.8. The number of carboxylic acids is 1. The number of unbranched alkanes of at least 4 members (excludes halogenated alkanes) is 2. The van der Waals surface area contributed by atoms with E-state index in [1.807, 2.05) is 0 Å². The van der Waals surface area contributed by atoms with E-state index in [0.29, 0.717) is 30.8 Å². The zero-order chi connectivity index (χ0) is 24.8. The Hall–Kier alpha value is -3.88. The van der Waals surface area contributed by atoms with Gasteiger partial charge in [-0.15, -0.1) is 0 Å². The summed E-state index contributed by atoms with van der Waals surface area (Å²) in [6, 6.07) is 9.15. The number of methoxy groups -OCH3 is 2. The molecule has 0 aliphatic carbocycles. The van der Waals surface area contributed by atoms with Gasteiger partial charge in [-0.3, -0.25) is 14.4 Å². The summed E-state index contributed by atoms with van der Waals surface area (Å²) < 4.78 is 25.3. The molecule has 0 bridgehead atoms. The molecule has 0 saturated carbocycles. The largest absolute Gasteiger partial charge is 0.507 e. The zero-order valence-electron chi connectivity index (χ0n) is 18.9. The Bertz CT molecular complexity index is 1130. The third-order valence-electron chi connectivity index (χ3n) is 5.69. The summed E-state index contributed by atoms with van der Waals surface area (Å²) in [6.45, 7) is 0.103. The maximum absolute atomic E-state index is 14.8. The van der Waals surface area contributed by atoms with Crippen LogP contribution in [0.2, 0.25) is 0 Å². The average molecular weight is 471 g/mol. The lowest BCUT2D eigenvalue weighted by molar-refractivity contribution is -0.140. The van der Waals surface area contributed by atoms with E-state index in [2.05, 4.69) is 0 Å². The summed E-state index contributed by atoms with van der Waals surface area (Å²) in [6.07, 6.45) is 1.33. The fourth-order valence-electron chi connectivity index (χ4n) is 4.01. The molecule has 1 unspecified atom stereocenters. The van der Waals surface area contributed by atoms with Gasteiger partial charge in [-0.05, 0) is 37.1 Å². The Kier molecular flexibility index (Phi) is 7.88. The molecule has 1 saturated heterocycles. The van der Waals surface area contributed by atoms with Crippen molar-refractivity contribution in [1.82, 2.24) is 4.90 Å². The maximum atomic E-state index is 14.8. The molecule has 0 radical (unpaired) electrons. The summed E-state index contributed by atoms with van der Waals surface area (Å²) in [5, 5.41) is 19.9. The van der Waals surface area contributed by atoms with Crippen molar-refractivity contribution < 1.29 is 38.5 Å². The minimum atomic E-state index is -1.13. The molecule has 0 spiro atoms. The summed E-state index contributed by atoms with van der Waals surface area (Å²) in [7, 11) is 2.88. The smallest absolute Gasteiger partial charge is 0.303 e. The zero-order valence-corrected chi connectivity index (χ0v) is 18.9. The van der Waals surface area contributed by atoms with E-state index in [4.69, 9.17) is 14.6 Å². The highest BCUT2D eigenvalue weighted by molar-refractivity contribution is 6.46. The van der Waals surface area contributed by atoms with Crippen LogP contribution in [0.5, 0.6) is 11.5 Å². The minimum absolute atomic E-state index is 0.00510. The summed E-state index contributed by atoms with van der Waals surface area (Å²) in [5.74, 6) is -3.06. The number of aliphatic hydroxyl groups is 1. The van der Waals surface area contributed by atoms with Gasteiger partial charge in [0.05, 0.1) is 25.8 Å². The summed E-state index contributed by atoms with van der Waals surface area (Å²) in [4.78, 5) is 37.9. The van der Waals surface area contributed by atoms with Gasteiger partial charge in [-0.1, -0.05) is 24.6 Å². The molecule has 34 heavy (non-hydrogen) atoms. The van der Waals surface area contributed by atoms with Gasteiger partial charge in [0, 0.05) is 24.1 Å². The molecule has 1 aliphatic rings. The molecular weight excluding hydrogens is 445 g/mol. The van der Waals surface area contributed by atoms with Crippen LogP contribution in [0.4, 0.5) is 4.39 Å². The number of aliphatic carboxylic acids is 1. The number of amides is 1. The summed E-state index contributed by atoms with van der Waals surface area (Å²) in [5.41, 5.74) is 0.0561. The van der Waals surface area contributed by atoms with Crippen molar-refractivity contribution in [2.45, 2.75) is 31.7 Å². The predicted octanol–water partition coefficient (Wildman–Crippen LogP) is 3.91. The number of rotatable bonds is 10. The standard InChI is InChI=1S/C25H26FNO7/c1-33-18-12-11-15(14-19(18)34-2)23(30)21-22(16-8-5-6-9-17(16)26)27(25(32)24(21)31)13-7-3-4-10-20(28)29/h5-6,8-9,11-12,14,22,30H,3-4,7,10,13H2,1-2H3,(H,28,29). The molecule has 0 aromatic heterocycles. The van der Waals surface area contributed by atoms with Crippen LogP contribution in [0.1, 0.15) is 42.9 Å². The molecule has 9 heteroatoms. The molecule has 1 fully saturated rings. The number of aliphatic hydroxyl groups excluding tert-OH is 1. The fourth-order valence-corrected chi connectivity index (χ4v) is 4.01. The van der Waals surface area contributed by atoms with E-state index >= 15 is 0 Å². The second-order valence-corrected chi connectivity index (χ2v) is 7.79. The first-order chi connectivity index (χ1) is 16.3. The molecule has 2 aromatic rings. The number of carbonyl (C=O) groups is 3. The number of hydrogen-bond donors (Lipinski definition) is 2. The first-order valence-corrected chi connectivity index (χ1v) is 10.8. The van der Waals surface area contributed by atoms with Gasteiger partial charge in [-0.25, -0.2) is 4.39 Å². The van der Waals surface area contributed by atoms with Crippen molar-refractivity contribution in [3.05, 3.63) is 65.0 Å². The third kappa shape index (κ3) is 5.03. The highest BCUT2D eigenvalue weighted by Crippen LogP contribution is 2.41. The second kappa shape index (κ2) is 10.8. The number of nitrogens with zero attached hydrogens (tertiary/aromatic N) is 1. The van der Waals surface area contributed by atoms with E-state index in [9.17, 15) is 23.9 Å². The van der Waals surface area contributed by atoms with Crippen LogP contribution >= 0.6 is 0 Å². The highest BCUT2D eigenvalue weighted by atomic mass is 19.1. The van der Waals surface area contributed by atoms with Crippen molar-refractivity contribution in [2.24, 2.45) is 0 Å². The number of carbonyl (C=O) groups excluding carboxylic acids is 2. The quantitative estimate of drug-likeness (QED) is 0.234. The second-order valence-electron chi connectivity index (χ2n) is 7.79. The fraction of sp³-hybridized carbons (Fsp3) is 0.320. The lowest BCUT2D eigenvalue weighted by Crippen LogP contribution is -2.31. The monoisotopic (exact) mass is 471 g/mol. The van der Waals surface area contributed by atoms with Crippen molar-refractivity contribution in [1.29, 1.82) is 0 Å². The molecule has 180 valence electrons. The maximum Gasteiger partial charge on any atom is 0.303 e. The van der Waals surface area contributed by atoms with Gasteiger partial charge in [-0.2, -0.15) is 0 Å². The van der Waals surface area contributed by atoms with E-state index in [1.165, 1.54) is 49.5 Å². The number of carboxylic acid groups (broad SMARTS) is 1. The number of halogens is 1. The average Bonchev–Trinajstić information content (AvgIpc) is 3.07. The molecule has 3 rings (SSSR count). The van der Waals surface area contributed by atoms with E-state index in [1.54, 1.807) is 12.1 Å². The van der Waals surface area contributed by atoms with Gasteiger partial charge in [0.15, 0.2) is 11.5 Å². The summed E-state index contributed by atoms with van der Waals surface area (Å²) >= 11 is 0. The van der Waals surface area contributed by atoms with Gasteiger partial charge in [0.25, 0.3) is 11.7 Å². The van der Waals surface area contributed by atoms with Gasteiger partial charge >= 0.3 is 5.97 Å². The first kappa shape index (κ1) is 24.8. The Morgan fingerprint density at radius 2 is 1.71 bits per heavy atom. The molecule has 1 amide bonds. The van der Waals surface area contributed by atoms with Crippen molar-refractivity contribution >= 4 is 23.4 Å². The topological polar surface area (TPSA) is 113 Å². The SMILES string of the molecule is COc1ccc(C(O)=C2C(=O)C(=O)N(CCCCCC(=O)O)C2c2ccccc2F)cc1OC. The van der Waals surface area contributed by atoms with Crippen molar-refractivity contribution in [2.75, 3.05) is 20.8 Å². The predicted molar refractivity (Wildman–Crippen MR) is 121 cm³/mol. The lowest BCUT2D eigenvalue weighted by Gasteiger charge is -2.25. The van der Waals surface area contributed by atoms with Crippen LogP contribution in [-0.2, 0) is 14.4 Å². The molecule has 2 N–H and O–H groups in total. The van der Waals surface area contributed by atoms with Crippen LogP contribution in [-0.4, -0.2) is 53.5 Å². The third-order valence-corrected chi connectivity index (χ3v) is 5.69. The van der Waals surface area contributed by atoms with Gasteiger partial charge < -0.3 is 24.6 Å². The van der Waals surface area contributed by atoms with E-state index in [0.717, 1.165) is 0 Å². The van der Waals surface area contributed by atoms with Crippen LogP contribution in [0.15, 0.2) is 48.0 Å². The van der Waals surface area contributed by atoms with Crippen LogP contribution < -0.4 is 9.47 Å². The molecule has 8 nitrogen and oxygen atoms in total. The molecule has 2 aromatic carbocycles. The Morgan fingerprint density at radius 3 is 2.35 bits per heavy atom. The van der Waals surface area contributed by atoms with Crippen LogP contribution in [0, 0.1) is 5.82 Å². The molecular formula is C25H26FNO7. The van der Waals surface area contributed by atoms with Gasteiger partial charge in [0.1, 0.15) is 11.6 Å². The number of benzene rings is 2. The molecule has 1 atom stereocenters. The van der Waals surface area contributed by atoms with Crippen LogP contribution in [0.25, 0.3) is 5.76 Å². The number of Topliss-reactive ketones (excluding diaryl/α,β-unsaturated/α-hetero) is 1. The number of ether oxygens (including phenoxy) is 2. The normalized spacial score (nSPS) is 17.1. The Balaban J connectivity index is 2.04. The number of ketones is 1. The number of hydrogen-bond acceptors (Lipinski definition) is 6. The lowest BCUT2D eigenvalue weighted by atomic mass is 9.94. The van der Waals surface area contributed by atoms with Gasteiger partial charge in [0.2, 0.25) is 0 Å². The van der Waals surface area contributed by atoms with Crippen molar-refractivity contribution in [3.8, 4) is 11.5 Å². The Morgan fingerprint density at radius 1 is 1.00 bits per heavy atom. The molecule has 1 aliphatic heterocycles. The highest BCUT2D eigenvalue weighted by Gasteiger charge is 2.46. The van der Waals surface area contributed by atoms with Crippen molar-refractivity contribution in [3.63, 3.8) is 0 Å². The Labute approximate surface area is 196 Å². The minimum Gasteiger partial charge on any atom is -0.507 e. The molecule has 1 heterocycles. The number of likely N-dealkylation sites (tertiary alicyclic amines) is 1.